The number of rotatable bonds is 3. The van der Waals surface area contributed by atoms with Gasteiger partial charge in [-0.25, -0.2) is 4.99 Å². The fourth-order valence-corrected chi connectivity index (χ4v) is 1.07. The molecule has 0 fully saturated rings. The number of nitrogens with zero attached hydrogens (tertiary/aromatic N) is 1. The normalized spacial score (nSPS) is 14.8. The first-order chi connectivity index (χ1) is 7.11. The van der Waals surface area contributed by atoms with Crippen LogP contribution in [0, 0.1) is 0 Å². The Morgan fingerprint density at radius 1 is 1.25 bits per heavy atom. The van der Waals surface area contributed by atoms with Crippen LogP contribution in [0.1, 0.15) is 41.5 Å². The minimum Gasteiger partial charge on any atom is -0.370 e. The van der Waals surface area contributed by atoms with Gasteiger partial charge in [-0.2, -0.15) is 0 Å². The van der Waals surface area contributed by atoms with E-state index in [-0.39, 0.29) is 17.5 Å². The molecule has 16 heavy (non-hydrogen) atoms. The maximum atomic E-state index is 11.7. The monoisotopic (exact) mass is 228 g/mol. The molecule has 0 heterocycles. The number of nitrogens with two attached hydrogens (primary N) is 1. The number of hydrogen-bond donors (Lipinski definition) is 3. The molecule has 0 spiro atoms. The van der Waals surface area contributed by atoms with E-state index in [0.717, 1.165) is 0 Å². The number of carbonyl (C=O) groups is 1. The maximum absolute atomic E-state index is 11.7. The minimum atomic E-state index is -0.481. The third-order valence-electron chi connectivity index (χ3n) is 1.65. The maximum Gasteiger partial charge on any atom is 0.245 e. The van der Waals surface area contributed by atoms with Crippen molar-refractivity contribution in [1.82, 2.24) is 10.6 Å². The molecule has 0 aromatic heterocycles. The highest BCUT2D eigenvalue weighted by molar-refractivity contribution is 5.86. The molecule has 1 unspecified atom stereocenters. The van der Waals surface area contributed by atoms with Crippen LogP contribution in [0.2, 0.25) is 0 Å². The minimum absolute atomic E-state index is 0.124. The van der Waals surface area contributed by atoms with Crippen LogP contribution in [0.25, 0.3) is 0 Å². The molecule has 94 valence electrons. The third kappa shape index (κ3) is 7.09. The van der Waals surface area contributed by atoms with Crippen LogP contribution in [-0.4, -0.2) is 29.5 Å². The Morgan fingerprint density at radius 3 is 2.12 bits per heavy atom. The lowest BCUT2D eigenvalue weighted by Crippen LogP contribution is -2.46. The topological polar surface area (TPSA) is 79.5 Å². The van der Waals surface area contributed by atoms with E-state index in [1.807, 2.05) is 34.6 Å². The third-order valence-corrected chi connectivity index (χ3v) is 1.65. The molecule has 0 aromatic rings. The van der Waals surface area contributed by atoms with E-state index in [0.29, 0.717) is 5.96 Å². The van der Waals surface area contributed by atoms with Crippen LogP contribution < -0.4 is 16.4 Å². The average molecular weight is 228 g/mol. The Kier molecular flexibility index (Phi) is 5.27. The molecule has 5 nitrogen and oxygen atoms in total. The molecule has 0 radical (unpaired) electrons. The van der Waals surface area contributed by atoms with Crippen LogP contribution in [0.4, 0.5) is 0 Å². The Morgan fingerprint density at radius 2 is 1.75 bits per heavy atom. The molecule has 0 saturated carbocycles. The van der Waals surface area contributed by atoms with Crippen LogP contribution in [0.15, 0.2) is 4.99 Å². The van der Waals surface area contributed by atoms with Gasteiger partial charge in [0, 0.05) is 11.6 Å². The van der Waals surface area contributed by atoms with Gasteiger partial charge < -0.3 is 16.4 Å². The van der Waals surface area contributed by atoms with Gasteiger partial charge >= 0.3 is 0 Å². The van der Waals surface area contributed by atoms with E-state index < -0.39 is 6.04 Å². The Labute approximate surface area is 97.9 Å². The second-order valence-corrected chi connectivity index (χ2v) is 5.23. The zero-order valence-corrected chi connectivity index (χ0v) is 11.1. The van der Waals surface area contributed by atoms with Gasteiger partial charge in [-0.05, 0) is 41.5 Å². The molecule has 0 aliphatic rings. The molecule has 0 aromatic carbocycles. The highest BCUT2D eigenvalue weighted by Gasteiger charge is 2.18. The Balaban J connectivity index is 4.34. The van der Waals surface area contributed by atoms with Crippen molar-refractivity contribution in [2.75, 3.05) is 0 Å². The molecule has 1 amide bonds. The van der Waals surface area contributed by atoms with Gasteiger partial charge in [-0.3, -0.25) is 4.79 Å². The number of carbonyl (C=O) groups excluding carboxylic acids is 1. The van der Waals surface area contributed by atoms with Gasteiger partial charge in [-0.1, -0.05) is 0 Å². The lowest BCUT2D eigenvalue weighted by Gasteiger charge is -2.22. The van der Waals surface area contributed by atoms with Crippen molar-refractivity contribution in [1.29, 1.82) is 0 Å². The van der Waals surface area contributed by atoms with Crippen LogP contribution in [0.3, 0.4) is 0 Å². The number of amides is 1. The van der Waals surface area contributed by atoms with E-state index in [1.54, 1.807) is 6.92 Å². The summed E-state index contributed by atoms with van der Waals surface area (Å²) in [5.74, 6) is 0.174. The van der Waals surface area contributed by atoms with Crippen molar-refractivity contribution in [2.24, 2.45) is 10.7 Å². The molecule has 1 atom stereocenters. The molecule has 0 aliphatic carbocycles. The van der Waals surface area contributed by atoms with Crippen LogP contribution in [-0.2, 0) is 4.79 Å². The second-order valence-electron chi connectivity index (χ2n) is 5.23. The quantitative estimate of drug-likeness (QED) is 0.489. The summed E-state index contributed by atoms with van der Waals surface area (Å²) in [6.07, 6.45) is 0. The van der Waals surface area contributed by atoms with Gasteiger partial charge in [0.15, 0.2) is 5.96 Å². The van der Waals surface area contributed by atoms with Crippen LogP contribution in [0.5, 0.6) is 0 Å². The summed E-state index contributed by atoms with van der Waals surface area (Å²) >= 11 is 0. The summed E-state index contributed by atoms with van der Waals surface area (Å²) in [4.78, 5) is 15.8. The highest BCUT2D eigenvalue weighted by atomic mass is 16.2. The summed E-state index contributed by atoms with van der Waals surface area (Å²) in [6, 6.07) is -0.271. The summed E-state index contributed by atoms with van der Waals surface area (Å²) in [5, 5.41) is 5.79. The molecule has 0 saturated heterocycles. The van der Waals surface area contributed by atoms with Crippen molar-refractivity contribution in [2.45, 2.75) is 59.2 Å². The van der Waals surface area contributed by atoms with E-state index in [1.165, 1.54) is 0 Å². The number of aliphatic imine (C=N–C) groups is 1. The molecular weight excluding hydrogens is 204 g/mol. The van der Waals surface area contributed by atoms with E-state index >= 15 is 0 Å². The number of nitrogens with one attached hydrogen (secondary N) is 2. The fraction of sp³-hybridized carbons (Fsp3) is 0.818. The first-order valence-corrected chi connectivity index (χ1v) is 5.53. The first-order valence-electron chi connectivity index (χ1n) is 5.53. The SMILES string of the molecule is CC(C)NC(N)=NC(C)C(=O)NC(C)(C)C. The molecule has 5 heteroatoms. The predicted octanol–water partition coefficient (Wildman–Crippen LogP) is 0.602. The van der Waals surface area contributed by atoms with Gasteiger partial charge in [0.05, 0.1) is 0 Å². The summed E-state index contributed by atoms with van der Waals surface area (Å²) < 4.78 is 0. The van der Waals surface area contributed by atoms with Gasteiger partial charge in [0.1, 0.15) is 6.04 Å². The second kappa shape index (κ2) is 5.72. The summed E-state index contributed by atoms with van der Waals surface area (Å²) in [6.45, 7) is 11.4. The lowest BCUT2D eigenvalue weighted by atomic mass is 10.1. The van der Waals surface area contributed by atoms with Crippen LogP contribution >= 0.6 is 0 Å². The predicted molar refractivity (Wildman–Crippen MR) is 67.3 cm³/mol. The van der Waals surface area contributed by atoms with Crippen molar-refractivity contribution in [3.05, 3.63) is 0 Å². The van der Waals surface area contributed by atoms with E-state index in [4.69, 9.17) is 5.73 Å². The standard InChI is InChI=1S/C11H24N4O/c1-7(2)13-10(12)14-8(3)9(16)15-11(4,5)6/h7-8H,1-6H3,(H,15,16)(H3,12,13,14). The number of guanidine groups is 1. The smallest absolute Gasteiger partial charge is 0.245 e. The molecule has 0 bridgehead atoms. The van der Waals surface area contributed by atoms with Gasteiger partial charge in [0.25, 0.3) is 0 Å². The molecule has 4 N–H and O–H groups in total. The average Bonchev–Trinajstić information content (AvgIpc) is 1.98. The molecular formula is C11H24N4O. The summed E-state index contributed by atoms with van der Waals surface area (Å²) in [5.41, 5.74) is 5.39. The van der Waals surface area contributed by atoms with Gasteiger partial charge in [0.2, 0.25) is 5.91 Å². The molecule has 0 aliphatic heterocycles. The zero-order chi connectivity index (χ0) is 12.9. The lowest BCUT2D eigenvalue weighted by molar-refractivity contribution is -0.123. The fourth-order valence-electron chi connectivity index (χ4n) is 1.07. The first kappa shape index (κ1) is 14.7. The van der Waals surface area contributed by atoms with E-state index in [9.17, 15) is 4.79 Å². The van der Waals surface area contributed by atoms with E-state index in [2.05, 4.69) is 15.6 Å². The van der Waals surface area contributed by atoms with Gasteiger partial charge in [-0.15, -0.1) is 0 Å². The van der Waals surface area contributed by atoms with Crippen molar-refractivity contribution in [3.63, 3.8) is 0 Å². The molecule has 0 rings (SSSR count). The highest BCUT2D eigenvalue weighted by Crippen LogP contribution is 2.00. The Hall–Kier alpha value is -1.26. The van der Waals surface area contributed by atoms with Crippen molar-refractivity contribution in [3.8, 4) is 0 Å². The zero-order valence-electron chi connectivity index (χ0n) is 11.1. The van der Waals surface area contributed by atoms with Crippen molar-refractivity contribution < 1.29 is 4.79 Å². The Bertz CT molecular complexity index is 266. The van der Waals surface area contributed by atoms with Crippen molar-refractivity contribution >= 4 is 11.9 Å². The largest absolute Gasteiger partial charge is 0.370 e. The summed E-state index contributed by atoms with van der Waals surface area (Å²) in [7, 11) is 0. The number of hydrogen-bond acceptors (Lipinski definition) is 2.